The van der Waals surface area contributed by atoms with E-state index in [0.29, 0.717) is 0 Å². The lowest BCUT2D eigenvalue weighted by Gasteiger charge is -2.46. The molecule has 1 fully saturated rings. The van der Waals surface area contributed by atoms with Crippen LogP contribution in [-0.4, -0.2) is 10.7 Å². The van der Waals surface area contributed by atoms with Crippen LogP contribution in [0.2, 0.25) is 0 Å². The van der Waals surface area contributed by atoms with Gasteiger partial charge in [-0.3, -0.25) is 0 Å². The van der Waals surface area contributed by atoms with Crippen LogP contribution in [0.4, 0.5) is 0 Å². The minimum Gasteiger partial charge on any atom is -0.376 e. The summed E-state index contributed by atoms with van der Waals surface area (Å²) in [5.41, 5.74) is 2.30. The maximum Gasteiger partial charge on any atom is 0.142 e. The van der Waals surface area contributed by atoms with E-state index in [1.54, 1.807) is 0 Å². The van der Waals surface area contributed by atoms with Crippen molar-refractivity contribution in [1.29, 1.82) is 0 Å². The molecule has 2 heteroatoms. The van der Waals surface area contributed by atoms with Crippen molar-refractivity contribution < 1.29 is 10.4 Å². The Hall–Kier alpha value is -2.86. The summed E-state index contributed by atoms with van der Waals surface area (Å²) in [7, 11) is 0. The first-order valence-corrected chi connectivity index (χ1v) is 10.3. The lowest BCUT2D eigenvalue weighted by atomic mass is 9.66. The molecule has 0 saturated carbocycles. The van der Waals surface area contributed by atoms with E-state index >= 15 is 0 Å². The summed E-state index contributed by atoms with van der Waals surface area (Å²) in [6.07, 6.45) is 0. The molecule has 1 saturated heterocycles. The normalized spacial score (nSPS) is 28.9. The van der Waals surface area contributed by atoms with Gasteiger partial charge in [-0.25, -0.2) is 0 Å². The molecule has 0 amide bonds. The van der Waals surface area contributed by atoms with Gasteiger partial charge in [-0.05, 0) is 12.1 Å². The molecule has 1 aliphatic rings. The Balaban J connectivity index is 1.78. The number of benzene rings is 3. The van der Waals surface area contributed by atoms with Crippen molar-refractivity contribution in [2.75, 3.05) is 0 Å². The molecule has 0 spiro atoms. The van der Waals surface area contributed by atoms with Gasteiger partial charge in [-0.15, -0.1) is 0 Å². The van der Waals surface area contributed by atoms with E-state index in [1.165, 1.54) is 11.1 Å². The molecule has 3 aromatic carbocycles. The van der Waals surface area contributed by atoms with Crippen molar-refractivity contribution in [3.63, 3.8) is 0 Å². The van der Waals surface area contributed by atoms with Crippen LogP contribution in [0.3, 0.4) is 0 Å². The standard InChI is InChI=1S/C27H27NO/c1-20-25(23-14-8-4-9-15-23)28-26(24-16-10-5-11-17-24)21(2)27(20,29)19-18-22-12-6-3-7-13-22/h3-17,20-21,25-26,28-29H,1-2H3/p+1. The summed E-state index contributed by atoms with van der Waals surface area (Å²) < 4.78 is 0. The van der Waals surface area contributed by atoms with Crippen LogP contribution in [0.5, 0.6) is 0 Å². The zero-order valence-corrected chi connectivity index (χ0v) is 17.0. The Morgan fingerprint density at radius 1 is 0.690 bits per heavy atom. The number of hydrogen-bond acceptors (Lipinski definition) is 1. The van der Waals surface area contributed by atoms with Crippen molar-refractivity contribution in [2.24, 2.45) is 11.8 Å². The lowest BCUT2D eigenvalue weighted by molar-refractivity contribution is -0.762. The molecule has 3 N–H and O–H groups in total. The van der Waals surface area contributed by atoms with E-state index in [-0.39, 0.29) is 23.9 Å². The molecule has 0 aromatic heterocycles. The summed E-state index contributed by atoms with van der Waals surface area (Å²) in [4.78, 5) is 0. The number of rotatable bonds is 2. The average molecular weight is 383 g/mol. The molecule has 1 heterocycles. The molecule has 146 valence electrons. The predicted molar refractivity (Wildman–Crippen MR) is 117 cm³/mol. The van der Waals surface area contributed by atoms with Crippen LogP contribution in [-0.2, 0) is 0 Å². The quantitative estimate of drug-likeness (QED) is 0.643. The fourth-order valence-electron chi connectivity index (χ4n) is 4.59. The zero-order valence-electron chi connectivity index (χ0n) is 17.0. The molecule has 2 nitrogen and oxygen atoms in total. The van der Waals surface area contributed by atoms with Gasteiger partial charge in [-0.1, -0.05) is 105 Å². The van der Waals surface area contributed by atoms with Gasteiger partial charge in [0.2, 0.25) is 0 Å². The van der Waals surface area contributed by atoms with Crippen molar-refractivity contribution in [1.82, 2.24) is 0 Å². The van der Waals surface area contributed by atoms with E-state index < -0.39 is 5.60 Å². The molecule has 3 aromatic rings. The highest BCUT2D eigenvalue weighted by molar-refractivity contribution is 5.38. The van der Waals surface area contributed by atoms with Crippen molar-refractivity contribution in [3.05, 3.63) is 108 Å². The van der Waals surface area contributed by atoms with Gasteiger partial charge in [0.1, 0.15) is 17.7 Å². The largest absolute Gasteiger partial charge is 0.376 e. The first kappa shape index (κ1) is 19.5. The smallest absolute Gasteiger partial charge is 0.142 e. The van der Waals surface area contributed by atoms with Crippen LogP contribution >= 0.6 is 0 Å². The molecule has 4 unspecified atom stereocenters. The SMILES string of the molecule is CC1C(c2ccccc2)[NH2+]C(c2ccccc2)C(C)C1(O)C#Cc1ccccc1. The van der Waals surface area contributed by atoms with Crippen LogP contribution in [0.1, 0.15) is 42.6 Å². The number of nitrogens with two attached hydrogens (primary N) is 1. The summed E-state index contributed by atoms with van der Waals surface area (Å²) in [6, 6.07) is 31.2. The van der Waals surface area contributed by atoms with E-state index in [0.717, 1.165) is 5.56 Å². The third kappa shape index (κ3) is 3.85. The third-order valence-corrected chi connectivity index (χ3v) is 6.43. The maximum absolute atomic E-state index is 11.9. The Morgan fingerprint density at radius 3 is 1.55 bits per heavy atom. The fraction of sp³-hybridized carbons (Fsp3) is 0.259. The van der Waals surface area contributed by atoms with Crippen molar-refractivity contribution in [3.8, 4) is 11.8 Å². The zero-order chi connectivity index (χ0) is 20.3. The highest BCUT2D eigenvalue weighted by Crippen LogP contribution is 2.42. The Morgan fingerprint density at radius 2 is 1.10 bits per heavy atom. The monoisotopic (exact) mass is 382 g/mol. The summed E-state index contributed by atoms with van der Waals surface area (Å²) in [5.74, 6) is 6.51. The second-order valence-electron chi connectivity index (χ2n) is 8.08. The topological polar surface area (TPSA) is 36.8 Å². The molecular formula is C27H28NO+. The van der Waals surface area contributed by atoms with Gasteiger partial charge in [0.25, 0.3) is 0 Å². The molecule has 29 heavy (non-hydrogen) atoms. The Kier molecular flexibility index (Phi) is 5.53. The highest BCUT2D eigenvalue weighted by Gasteiger charge is 2.53. The van der Waals surface area contributed by atoms with E-state index in [4.69, 9.17) is 0 Å². The highest BCUT2D eigenvalue weighted by atomic mass is 16.3. The van der Waals surface area contributed by atoms with Crippen molar-refractivity contribution >= 4 is 0 Å². The molecular weight excluding hydrogens is 354 g/mol. The van der Waals surface area contributed by atoms with Crippen LogP contribution in [0.25, 0.3) is 0 Å². The van der Waals surface area contributed by atoms with Gasteiger partial charge in [0.05, 0.1) is 11.8 Å². The molecule has 1 aliphatic heterocycles. The molecule has 0 bridgehead atoms. The Bertz CT molecular complexity index is 937. The second kappa shape index (κ2) is 8.25. The van der Waals surface area contributed by atoms with Gasteiger partial charge >= 0.3 is 0 Å². The molecule has 4 atom stereocenters. The second-order valence-corrected chi connectivity index (χ2v) is 8.08. The Labute approximate surface area is 173 Å². The van der Waals surface area contributed by atoms with E-state index in [9.17, 15) is 5.11 Å². The molecule has 0 aliphatic carbocycles. The van der Waals surface area contributed by atoms with Crippen LogP contribution in [0.15, 0.2) is 91.0 Å². The minimum atomic E-state index is -1.09. The average Bonchev–Trinajstić information content (AvgIpc) is 2.78. The van der Waals surface area contributed by atoms with Gasteiger partial charge in [-0.2, -0.15) is 0 Å². The molecule has 4 rings (SSSR count). The predicted octanol–water partition coefficient (Wildman–Crippen LogP) is 4.10. The van der Waals surface area contributed by atoms with Gasteiger partial charge in [0, 0.05) is 16.7 Å². The third-order valence-electron chi connectivity index (χ3n) is 6.43. The van der Waals surface area contributed by atoms with Gasteiger partial charge < -0.3 is 10.4 Å². The maximum atomic E-state index is 11.9. The van der Waals surface area contributed by atoms with Crippen LogP contribution in [0, 0.1) is 23.7 Å². The summed E-state index contributed by atoms with van der Waals surface area (Å²) >= 11 is 0. The number of piperidine rings is 1. The lowest BCUT2D eigenvalue weighted by Crippen LogP contribution is -2.93. The first-order valence-electron chi connectivity index (χ1n) is 10.3. The summed E-state index contributed by atoms with van der Waals surface area (Å²) in [6.45, 7) is 4.26. The van der Waals surface area contributed by atoms with Gasteiger partial charge in [0.15, 0.2) is 0 Å². The van der Waals surface area contributed by atoms with Crippen LogP contribution < -0.4 is 5.32 Å². The number of hydrogen-bond donors (Lipinski definition) is 2. The molecule has 0 radical (unpaired) electrons. The summed E-state index contributed by atoms with van der Waals surface area (Å²) in [5, 5.41) is 14.4. The minimum absolute atomic E-state index is 0.0175. The van der Waals surface area contributed by atoms with Crippen molar-refractivity contribution in [2.45, 2.75) is 31.5 Å². The fourth-order valence-corrected chi connectivity index (χ4v) is 4.59. The number of quaternary nitrogens is 1. The number of aliphatic hydroxyl groups is 1. The van der Waals surface area contributed by atoms with E-state index in [1.807, 2.05) is 42.5 Å². The first-order chi connectivity index (χ1) is 14.1. The van der Waals surface area contributed by atoms with E-state index in [2.05, 4.69) is 79.5 Å².